The summed E-state index contributed by atoms with van der Waals surface area (Å²) in [5, 5.41) is 10.9. The van der Waals surface area contributed by atoms with Crippen molar-refractivity contribution in [3.63, 3.8) is 0 Å². The first kappa shape index (κ1) is 12.8. The minimum absolute atomic E-state index is 0.0762. The van der Waals surface area contributed by atoms with Crippen molar-refractivity contribution >= 4 is 17.7 Å². The smallest absolute Gasteiger partial charge is 0.239 e. The fourth-order valence-electron chi connectivity index (χ4n) is 1.74. The minimum Gasteiger partial charge on any atom is -0.354 e. The molecule has 0 bridgehead atoms. The molecule has 0 radical (unpaired) electrons. The molecule has 2 aliphatic rings. The quantitative estimate of drug-likeness (QED) is 0.415. The van der Waals surface area contributed by atoms with Gasteiger partial charge in [-0.05, 0) is 12.8 Å². The molecule has 0 aromatic heterocycles. The maximum Gasteiger partial charge on any atom is 0.239 e. The van der Waals surface area contributed by atoms with E-state index in [2.05, 4.69) is 21.3 Å². The Bertz CT molecular complexity index is 344. The third-order valence-corrected chi connectivity index (χ3v) is 3.00. The van der Waals surface area contributed by atoms with Crippen LogP contribution in [0.3, 0.4) is 0 Å². The Kier molecular flexibility index (Phi) is 4.14. The van der Waals surface area contributed by atoms with Gasteiger partial charge in [0.1, 0.15) is 6.04 Å². The number of rotatable bonds is 5. The molecule has 18 heavy (non-hydrogen) atoms. The van der Waals surface area contributed by atoms with Gasteiger partial charge in [-0.25, -0.2) is 0 Å². The van der Waals surface area contributed by atoms with Crippen molar-refractivity contribution in [2.45, 2.75) is 18.9 Å². The molecule has 0 aromatic carbocycles. The number of hydrogen-bond acceptors (Lipinski definition) is 4. The van der Waals surface area contributed by atoms with Crippen LogP contribution in [0, 0.1) is 5.92 Å². The molecule has 1 aliphatic carbocycles. The molecule has 7 heteroatoms. The fraction of sp³-hybridized carbons (Fsp3) is 0.727. The monoisotopic (exact) mass is 254 g/mol. The third-order valence-electron chi connectivity index (χ3n) is 3.00. The van der Waals surface area contributed by atoms with Gasteiger partial charge in [0.05, 0.1) is 6.54 Å². The van der Waals surface area contributed by atoms with E-state index in [1.807, 2.05) is 0 Å². The van der Waals surface area contributed by atoms with Crippen LogP contribution >= 0.6 is 0 Å². The lowest BCUT2D eigenvalue weighted by Crippen LogP contribution is -2.58. The zero-order valence-corrected chi connectivity index (χ0v) is 10.1. The van der Waals surface area contributed by atoms with Crippen molar-refractivity contribution in [2.24, 2.45) is 5.92 Å². The maximum atomic E-state index is 11.7. The highest BCUT2D eigenvalue weighted by molar-refractivity contribution is 5.86. The van der Waals surface area contributed by atoms with Crippen LogP contribution in [0.4, 0.5) is 0 Å². The van der Waals surface area contributed by atoms with E-state index in [0.29, 0.717) is 19.6 Å². The summed E-state index contributed by atoms with van der Waals surface area (Å²) in [5.41, 5.74) is 0. The van der Waals surface area contributed by atoms with Crippen LogP contribution in [0.2, 0.25) is 0 Å². The molecule has 1 saturated heterocycles. The second kappa shape index (κ2) is 5.81. The van der Waals surface area contributed by atoms with Crippen molar-refractivity contribution in [3.05, 3.63) is 0 Å². The molecular formula is C11H18N4O3. The van der Waals surface area contributed by atoms with Gasteiger partial charge >= 0.3 is 0 Å². The molecule has 1 unspecified atom stereocenters. The Morgan fingerprint density at radius 1 is 1.17 bits per heavy atom. The fourth-order valence-corrected chi connectivity index (χ4v) is 1.74. The van der Waals surface area contributed by atoms with Crippen molar-refractivity contribution in [3.8, 4) is 0 Å². The van der Waals surface area contributed by atoms with Gasteiger partial charge < -0.3 is 16.0 Å². The number of piperazine rings is 1. The predicted molar refractivity (Wildman–Crippen MR) is 63.5 cm³/mol. The van der Waals surface area contributed by atoms with Crippen LogP contribution < -0.4 is 21.3 Å². The second-order valence-corrected chi connectivity index (χ2v) is 4.59. The van der Waals surface area contributed by atoms with Crippen molar-refractivity contribution in [1.82, 2.24) is 21.3 Å². The first-order chi connectivity index (χ1) is 8.66. The molecule has 0 aromatic rings. The normalized spacial score (nSPS) is 23.1. The Balaban J connectivity index is 1.56. The first-order valence-electron chi connectivity index (χ1n) is 6.22. The lowest BCUT2D eigenvalue weighted by atomic mass is 10.2. The van der Waals surface area contributed by atoms with E-state index in [-0.39, 0.29) is 36.2 Å². The highest BCUT2D eigenvalue weighted by Gasteiger charge is 2.29. The second-order valence-electron chi connectivity index (χ2n) is 4.59. The van der Waals surface area contributed by atoms with Gasteiger partial charge in [-0.2, -0.15) is 0 Å². The Morgan fingerprint density at radius 2 is 1.83 bits per heavy atom. The number of hydrogen-bond donors (Lipinski definition) is 4. The number of amides is 3. The van der Waals surface area contributed by atoms with E-state index >= 15 is 0 Å². The molecule has 2 fully saturated rings. The van der Waals surface area contributed by atoms with Crippen LogP contribution in [0.15, 0.2) is 0 Å². The molecule has 0 spiro atoms. The van der Waals surface area contributed by atoms with E-state index < -0.39 is 0 Å². The molecule has 7 nitrogen and oxygen atoms in total. The molecular weight excluding hydrogens is 236 g/mol. The molecule has 2 rings (SSSR count). The maximum absolute atomic E-state index is 11.7. The summed E-state index contributed by atoms with van der Waals surface area (Å²) in [6.45, 7) is 1.32. The topological polar surface area (TPSA) is 99.3 Å². The van der Waals surface area contributed by atoms with Gasteiger partial charge in [0.2, 0.25) is 17.7 Å². The van der Waals surface area contributed by atoms with Crippen molar-refractivity contribution < 1.29 is 14.4 Å². The summed E-state index contributed by atoms with van der Waals surface area (Å²) >= 11 is 0. The summed E-state index contributed by atoms with van der Waals surface area (Å²) in [7, 11) is 0. The van der Waals surface area contributed by atoms with Gasteiger partial charge in [0.15, 0.2) is 0 Å². The first-order valence-corrected chi connectivity index (χ1v) is 6.22. The predicted octanol–water partition coefficient (Wildman–Crippen LogP) is -2.28. The molecule has 1 saturated carbocycles. The Morgan fingerprint density at radius 3 is 2.39 bits per heavy atom. The molecule has 4 N–H and O–H groups in total. The largest absolute Gasteiger partial charge is 0.354 e. The molecule has 3 amide bonds. The Labute approximate surface area is 105 Å². The summed E-state index contributed by atoms with van der Waals surface area (Å²) in [6, 6.07) is -0.387. The average molecular weight is 254 g/mol. The molecule has 100 valence electrons. The zero-order valence-electron chi connectivity index (χ0n) is 10.1. The molecule has 1 aliphatic heterocycles. The number of carbonyl (C=O) groups is 3. The van der Waals surface area contributed by atoms with Crippen LogP contribution in [-0.4, -0.2) is 49.9 Å². The van der Waals surface area contributed by atoms with E-state index in [1.165, 1.54) is 0 Å². The highest BCUT2D eigenvalue weighted by atomic mass is 16.2. The van der Waals surface area contributed by atoms with Crippen molar-refractivity contribution in [1.29, 1.82) is 0 Å². The number of nitrogens with one attached hydrogen (secondary N) is 4. The summed E-state index contributed by atoms with van der Waals surface area (Å²) < 4.78 is 0. The van der Waals surface area contributed by atoms with Crippen LogP contribution in [0.5, 0.6) is 0 Å². The van der Waals surface area contributed by atoms with E-state index in [1.54, 1.807) is 0 Å². The molecule has 1 heterocycles. The van der Waals surface area contributed by atoms with E-state index in [4.69, 9.17) is 0 Å². The zero-order chi connectivity index (χ0) is 13.0. The summed E-state index contributed by atoms with van der Waals surface area (Å²) in [4.78, 5) is 33.8. The SMILES string of the molecule is O=C1CNC(C(=O)NCCNC(=O)C2CC2)CN1. The van der Waals surface area contributed by atoms with Gasteiger partial charge in [-0.3, -0.25) is 19.7 Å². The van der Waals surface area contributed by atoms with Gasteiger partial charge in [0.25, 0.3) is 0 Å². The van der Waals surface area contributed by atoms with Gasteiger partial charge in [0, 0.05) is 25.6 Å². The minimum atomic E-state index is -0.387. The van der Waals surface area contributed by atoms with Crippen molar-refractivity contribution in [2.75, 3.05) is 26.2 Å². The van der Waals surface area contributed by atoms with Gasteiger partial charge in [-0.15, -0.1) is 0 Å². The van der Waals surface area contributed by atoms with E-state index in [9.17, 15) is 14.4 Å². The summed E-state index contributed by atoms with van der Waals surface area (Å²) in [5.74, 6) is 0.00893. The third kappa shape index (κ3) is 3.69. The Hall–Kier alpha value is -1.63. The highest BCUT2D eigenvalue weighted by Crippen LogP contribution is 2.28. The lowest BCUT2D eigenvalue weighted by Gasteiger charge is -2.23. The van der Waals surface area contributed by atoms with Gasteiger partial charge in [-0.1, -0.05) is 0 Å². The van der Waals surface area contributed by atoms with E-state index in [0.717, 1.165) is 12.8 Å². The molecule has 1 atom stereocenters. The average Bonchev–Trinajstić information content (AvgIpc) is 3.19. The lowest BCUT2D eigenvalue weighted by molar-refractivity contribution is -0.127. The number of carbonyl (C=O) groups excluding carboxylic acids is 3. The van der Waals surface area contributed by atoms with Crippen LogP contribution in [-0.2, 0) is 14.4 Å². The summed E-state index contributed by atoms with van der Waals surface area (Å²) in [6.07, 6.45) is 1.95. The van der Waals surface area contributed by atoms with Crippen LogP contribution in [0.25, 0.3) is 0 Å². The standard InChI is InChI=1S/C11H18N4O3/c16-9-6-14-8(5-15-9)11(18)13-4-3-12-10(17)7-1-2-7/h7-8,14H,1-6H2,(H,12,17)(H,13,18)(H,15,16). The van der Waals surface area contributed by atoms with Crippen LogP contribution in [0.1, 0.15) is 12.8 Å².